The first-order valence-corrected chi connectivity index (χ1v) is 11.2. The van der Waals surface area contributed by atoms with Crippen LogP contribution in [0.2, 0.25) is 0 Å². The van der Waals surface area contributed by atoms with Crippen molar-refractivity contribution in [1.29, 1.82) is 0 Å². The molecule has 160 valence electrons. The quantitative estimate of drug-likeness (QED) is 0.299. The van der Waals surface area contributed by atoms with Crippen LogP contribution in [-0.4, -0.2) is 63.5 Å². The smallest absolute Gasteiger partial charge is 0.223 e. The molecular weight excluding hydrogens is 356 g/mol. The van der Waals surface area contributed by atoms with Crippen LogP contribution in [0.15, 0.2) is 4.99 Å². The van der Waals surface area contributed by atoms with Crippen molar-refractivity contribution in [3.05, 3.63) is 0 Å². The van der Waals surface area contributed by atoms with Crippen molar-refractivity contribution < 1.29 is 14.3 Å². The Bertz CT molecular complexity index is 504. The maximum atomic E-state index is 12.4. The van der Waals surface area contributed by atoms with E-state index in [4.69, 9.17) is 14.5 Å². The Kier molecular flexibility index (Phi) is 8.86. The average Bonchev–Trinajstić information content (AvgIpc) is 3.36. The van der Waals surface area contributed by atoms with Crippen LogP contribution in [0, 0.1) is 11.8 Å². The molecule has 0 aromatic carbocycles. The molecule has 0 aromatic rings. The molecule has 0 bridgehead atoms. The van der Waals surface area contributed by atoms with Gasteiger partial charge in [-0.2, -0.15) is 0 Å². The third-order valence-corrected chi connectivity index (χ3v) is 5.75. The summed E-state index contributed by atoms with van der Waals surface area (Å²) in [7, 11) is 0. The number of hydrogen-bond acceptors (Lipinski definition) is 4. The molecule has 2 aliphatic carbocycles. The molecule has 1 amide bonds. The lowest BCUT2D eigenvalue weighted by atomic mass is 9.85. The minimum atomic E-state index is 0.141. The predicted molar refractivity (Wildman–Crippen MR) is 110 cm³/mol. The third-order valence-electron chi connectivity index (χ3n) is 5.75. The molecule has 7 nitrogen and oxygen atoms in total. The molecule has 7 heteroatoms. The van der Waals surface area contributed by atoms with Gasteiger partial charge in [0.05, 0.1) is 13.2 Å². The van der Waals surface area contributed by atoms with Crippen molar-refractivity contribution in [3.8, 4) is 0 Å². The van der Waals surface area contributed by atoms with Gasteiger partial charge >= 0.3 is 0 Å². The number of amides is 1. The average molecular weight is 395 g/mol. The van der Waals surface area contributed by atoms with Crippen LogP contribution in [0.5, 0.6) is 0 Å². The molecule has 2 saturated carbocycles. The first kappa shape index (κ1) is 21.4. The summed E-state index contributed by atoms with van der Waals surface area (Å²) in [4.78, 5) is 17.1. The summed E-state index contributed by atoms with van der Waals surface area (Å²) in [6.45, 7) is 6.92. The van der Waals surface area contributed by atoms with E-state index in [0.717, 1.165) is 96.8 Å². The number of hydrogen-bond donors (Lipinski definition) is 3. The van der Waals surface area contributed by atoms with Crippen molar-refractivity contribution >= 4 is 11.9 Å². The first-order valence-electron chi connectivity index (χ1n) is 11.2. The second-order valence-corrected chi connectivity index (χ2v) is 8.41. The molecular formula is C21H38N4O3. The molecule has 0 aromatic heterocycles. The lowest BCUT2D eigenvalue weighted by Crippen LogP contribution is -2.47. The van der Waals surface area contributed by atoms with Crippen molar-refractivity contribution in [2.75, 3.05) is 39.5 Å². The summed E-state index contributed by atoms with van der Waals surface area (Å²) in [6.07, 6.45) is 8.44. The molecule has 0 radical (unpaired) electrons. The fourth-order valence-corrected chi connectivity index (χ4v) is 3.94. The maximum absolute atomic E-state index is 12.4. The van der Waals surface area contributed by atoms with E-state index in [2.05, 4.69) is 22.9 Å². The first-order chi connectivity index (χ1) is 13.7. The van der Waals surface area contributed by atoms with E-state index in [1.54, 1.807) is 0 Å². The molecule has 1 heterocycles. The Balaban J connectivity index is 1.34. The van der Waals surface area contributed by atoms with Crippen molar-refractivity contribution in [3.63, 3.8) is 0 Å². The van der Waals surface area contributed by atoms with Gasteiger partial charge in [-0.15, -0.1) is 0 Å². The Hall–Kier alpha value is -1.34. The Morgan fingerprint density at radius 3 is 2.79 bits per heavy atom. The van der Waals surface area contributed by atoms with Crippen LogP contribution in [0.4, 0.5) is 0 Å². The van der Waals surface area contributed by atoms with Gasteiger partial charge in [0.1, 0.15) is 0 Å². The van der Waals surface area contributed by atoms with E-state index in [1.807, 2.05) is 0 Å². The molecule has 3 unspecified atom stereocenters. The van der Waals surface area contributed by atoms with Gasteiger partial charge in [-0.3, -0.25) is 9.79 Å². The van der Waals surface area contributed by atoms with E-state index in [1.165, 1.54) is 0 Å². The number of nitrogens with one attached hydrogen (secondary N) is 3. The summed E-state index contributed by atoms with van der Waals surface area (Å²) in [5, 5.41) is 10.0. The lowest BCUT2D eigenvalue weighted by molar-refractivity contribution is -0.126. The van der Waals surface area contributed by atoms with Crippen LogP contribution in [0.3, 0.4) is 0 Å². The van der Waals surface area contributed by atoms with Crippen LogP contribution in [0.25, 0.3) is 0 Å². The van der Waals surface area contributed by atoms with Gasteiger partial charge < -0.3 is 25.4 Å². The summed E-state index contributed by atoms with van der Waals surface area (Å²) < 4.78 is 11.1. The summed E-state index contributed by atoms with van der Waals surface area (Å²) in [5.41, 5.74) is 0. The lowest BCUT2D eigenvalue weighted by Gasteiger charge is -2.30. The van der Waals surface area contributed by atoms with Crippen molar-refractivity contribution in [1.82, 2.24) is 16.0 Å². The number of aliphatic imine (C=N–C) groups is 1. The second kappa shape index (κ2) is 11.6. The second-order valence-electron chi connectivity index (χ2n) is 8.41. The van der Waals surface area contributed by atoms with Crippen molar-refractivity contribution in [2.45, 2.75) is 70.4 Å². The van der Waals surface area contributed by atoms with Gasteiger partial charge in [0.15, 0.2) is 5.96 Å². The molecule has 28 heavy (non-hydrogen) atoms. The molecule has 3 atom stereocenters. The summed E-state index contributed by atoms with van der Waals surface area (Å²) in [5.74, 6) is 1.82. The number of nitrogens with zero attached hydrogens (tertiary/aromatic N) is 1. The largest absolute Gasteiger partial charge is 0.381 e. The number of guanidine groups is 1. The van der Waals surface area contributed by atoms with E-state index in [-0.39, 0.29) is 11.8 Å². The molecule has 1 saturated heterocycles. The standard InChI is InChI=1S/C21H38N4O3/c1-2-22-21(23-10-4-11-27-14-16-9-12-28-15-16)25-19-6-3-5-17(13-19)20(26)24-18-7-8-18/h16-19H,2-15H2,1H3,(H,24,26)(H2,22,23,25). The number of ether oxygens (including phenoxy) is 2. The number of carbonyl (C=O) groups is 1. The van der Waals surface area contributed by atoms with E-state index >= 15 is 0 Å². The van der Waals surface area contributed by atoms with E-state index in [9.17, 15) is 4.79 Å². The normalized spacial score (nSPS) is 28.2. The molecule has 3 aliphatic rings. The highest BCUT2D eigenvalue weighted by atomic mass is 16.5. The molecule has 3 N–H and O–H groups in total. The maximum Gasteiger partial charge on any atom is 0.223 e. The minimum absolute atomic E-state index is 0.141. The SMILES string of the molecule is CCNC(=NCCCOCC1CCOC1)NC1CCCC(C(=O)NC2CC2)C1. The monoisotopic (exact) mass is 394 g/mol. The Morgan fingerprint density at radius 1 is 1.14 bits per heavy atom. The van der Waals surface area contributed by atoms with Crippen LogP contribution in [0.1, 0.15) is 58.3 Å². The predicted octanol–water partition coefficient (Wildman–Crippen LogP) is 1.82. The van der Waals surface area contributed by atoms with E-state index < -0.39 is 0 Å². The zero-order valence-corrected chi connectivity index (χ0v) is 17.4. The van der Waals surface area contributed by atoms with Gasteiger partial charge in [-0.1, -0.05) is 6.42 Å². The third kappa shape index (κ3) is 7.59. The van der Waals surface area contributed by atoms with Crippen molar-refractivity contribution in [2.24, 2.45) is 16.8 Å². The Morgan fingerprint density at radius 2 is 2.04 bits per heavy atom. The van der Waals surface area contributed by atoms with Crippen LogP contribution >= 0.6 is 0 Å². The minimum Gasteiger partial charge on any atom is -0.381 e. The van der Waals surface area contributed by atoms with Gasteiger partial charge in [0.2, 0.25) is 5.91 Å². The van der Waals surface area contributed by atoms with Crippen LogP contribution < -0.4 is 16.0 Å². The summed E-state index contributed by atoms with van der Waals surface area (Å²) >= 11 is 0. The van der Waals surface area contributed by atoms with Gasteiger partial charge in [-0.05, 0) is 51.9 Å². The fraction of sp³-hybridized carbons (Fsp3) is 0.905. The Labute approximate surface area is 169 Å². The zero-order chi connectivity index (χ0) is 19.6. The van der Waals surface area contributed by atoms with Gasteiger partial charge in [0, 0.05) is 50.2 Å². The van der Waals surface area contributed by atoms with E-state index in [0.29, 0.717) is 18.0 Å². The molecule has 0 spiro atoms. The summed E-state index contributed by atoms with van der Waals surface area (Å²) in [6, 6.07) is 0.767. The molecule has 3 rings (SSSR count). The highest BCUT2D eigenvalue weighted by Crippen LogP contribution is 2.26. The zero-order valence-electron chi connectivity index (χ0n) is 17.4. The van der Waals surface area contributed by atoms with Crippen LogP contribution in [-0.2, 0) is 14.3 Å². The highest BCUT2D eigenvalue weighted by molar-refractivity contribution is 5.81. The topological polar surface area (TPSA) is 84.0 Å². The van der Waals surface area contributed by atoms with Gasteiger partial charge in [0.25, 0.3) is 0 Å². The number of rotatable bonds is 10. The molecule has 3 fully saturated rings. The highest BCUT2D eigenvalue weighted by Gasteiger charge is 2.31. The number of carbonyl (C=O) groups excluding carboxylic acids is 1. The van der Waals surface area contributed by atoms with Gasteiger partial charge in [-0.25, -0.2) is 0 Å². The molecule has 1 aliphatic heterocycles. The fourth-order valence-electron chi connectivity index (χ4n) is 3.94.